The minimum absolute atomic E-state index is 0.316. The van der Waals surface area contributed by atoms with Gasteiger partial charge in [0.15, 0.2) is 0 Å². The van der Waals surface area contributed by atoms with Crippen molar-refractivity contribution in [2.24, 2.45) is 0 Å². The number of rotatable bonds is 23. The third kappa shape index (κ3) is 28.6. The Morgan fingerprint density at radius 3 is 1.16 bits per heavy atom. The largest absolute Gasteiger partial charge is 0.481 e. The van der Waals surface area contributed by atoms with Gasteiger partial charge in [-0.25, -0.2) is 0 Å². The second kappa shape index (κ2) is 27.6. The molecule has 0 spiro atoms. The van der Waals surface area contributed by atoms with E-state index in [-0.39, 0.29) is 0 Å². The van der Waals surface area contributed by atoms with E-state index in [9.17, 15) is 4.79 Å². The van der Waals surface area contributed by atoms with Crippen molar-refractivity contribution in [3.05, 3.63) is 0 Å². The van der Waals surface area contributed by atoms with E-state index in [4.69, 9.17) is 5.11 Å². The van der Waals surface area contributed by atoms with Crippen LogP contribution in [0.4, 0.5) is 0 Å². The second-order valence-corrected chi connectivity index (χ2v) is 9.32. The molecular weight excluding hydrogens is 392 g/mol. The summed E-state index contributed by atoms with van der Waals surface area (Å²) in [5.74, 6) is 11.7. The summed E-state index contributed by atoms with van der Waals surface area (Å²) in [4.78, 5) is 10.4. The highest BCUT2D eigenvalue weighted by Gasteiger charge is 1.96. The Labute approximate surface area is 200 Å². The Morgan fingerprint density at radius 2 is 0.812 bits per heavy atom. The molecule has 32 heavy (non-hydrogen) atoms. The molecule has 0 heterocycles. The van der Waals surface area contributed by atoms with Crippen LogP contribution in [0, 0.1) is 23.7 Å². The SMILES string of the molecule is CCCCCCCCCCCCCCCCC#CC#CCCCCCCCCCC(=O)O. The van der Waals surface area contributed by atoms with Gasteiger partial charge in [0.05, 0.1) is 0 Å². The van der Waals surface area contributed by atoms with Crippen LogP contribution in [0.5, 0.6) is 0 Å². The first-order chi connectivity index (χ1) is 15.8. The number of aliphatic carboxylic acids is 1. The average molecular weight is 445 g/mol. The lowest BCUT2D eigenvalue weighted by atomic mass is 10.0. The molecule has 0 radical (unpaired) electrons. The quantitative estimate of drug-likeness (QED) is 0.126. The van der Waals surface area contributed by atoms with Crippen LogP contribution in [0.1, 0.15) is 161 Å². The maximum Gasteiger partial charge on any atom is 0.303 e. The summed E-state index contributed by atoms with van der Waals surface area (Å²) in [6, 6.07) is 0. The Balaban J connectivity index is 3.22. The maximum absolute atomic E-state index is 10.4. The fourth-order valence-electron chi connectivity index (χ4n) is 3.99. The van der Waals surface area contributed by atoms with Crippen molar-refractivity contribution in [3.8, 4) is 23.7 Å². The van der Waals surface area contributed by atoms with Gasteiger partial charge in [0.2, 0.25) is 0 Å². The topological polar surface area (TPSA) is 37.3 Å². The summed E-state index contributed by atoms with van der Waals surface area (Å²) >= 11 is 0. The predicted molar refractivity (Wildman–Crippen MR) is 140 cm³/mol. The summed E-state index contributed by atoms with van der Waals surface area (Å²) in [6.07, 6.45) is 29.7. The first-order valence-electron chi connectivity index (χ1n) is 13.9. The minimum atomic E-state index is -0.675. The molecule has 0 aliphatic carbocycles. The van der Waals surface area contributed by atoms with Gasteiger partial charge in [0.1, 0.15) is 0 Å². The van der Waals surface area contributed by atoms with Gasteiger partial charge in [-0.2, -0.15) is 0 Å². The van der Waals surface area contributed by atoms with Gasteiger partial charge in [-0.15, -0.1) is 0 Å². The Hall–Kier alpha value is -1.41. The summed E-state index contributed by atoms with van der Waals surface area (Å²) in [5, 5.41) is 8.58. The Morgan fingerprint density at radius 1 is 0.500 bits per heavy atom. The molecule has 1 N–H and O–H groups in total. The lowest BCUT2D eigenvalue weighted by Crippen LogP contribution is -1.93. The van der Waals surface area contributed by atoms with E-state index < -0.39 is 5.97 Å². The molecule has 0 amide bonds. The first-order valence-corrected chi connectivity index (χ1v) is 13.9. The fourth-order valence-corrected chi connectivity index (χ4v) is 3.99. The number of unbranched alkanes of at least 4 members (excludes halogenated alkanes) is 21. The molecule has 2 heteroatoms. The Kier molecular flexibility index (Phi) is 26.4. The predicted octanol–water partition coefficient (Wildman–Crippen LogP) is 9.46. The van der Waals surface area contributed by atoms with E-state index in [0.717, 1.165) is 38.5 Å². The van der Waals surface area contributed by atoms with Crippen molar-refractivity contribution < 1.29 is 9.90 Å². The molecule has 0 aromatic heterocycles. The summed E-state index contributed by atoms with van der Waals surface area (Å²) in [6.45, 7) is 2.28. The highest BCUT2D eigenvalue weighted by atomic mass is 16.4. The standard InChI is InChI=1S/C30H52O2/c1-2-3-4-5-6-7-8-9-10-11-12-13-14-15-16-17-18-19-20-21-22-23-24-25-26-27-28-29-30(31)32/h2-16,21-29H2,1H3,(H,31,32). The number of carboxylic acids is 1. The van der Waals surface area contributed by atoms with Crippen LogP contribution in [0.2, 0.25) is 0 Å². The van der Waals surface area contributed by atoms with Crippen LogP contribution in [0.25, 0.3) is 0 Å². The van der Waals surface area contributed by atoms with Crippen molar-refractivity contribution in [1.82, 2.24) is 0 Å². The van der Waals surface area contributed by atoms with Gasteiger partial charge in [-0.1, -0.05) is 134 Å². The molecule has 0 bridgehead atoms. The van der Waals surface area contributed by atoms with Gasteiger partial charge < -0.3 is 5.11 Å². The van der Waals surface area contributed by atoms with Gasteiger partial charge in [-0.3, -0.25) is 4.79 Å². The van der Waals surface area contributed by atoms with E-state index in [1.165, 1.54) is 109 Å². The van der Waals surface area contributed by atoms with Crippen LogP contribution >= 0.6 is 0 Å². The lowest BCUT2D eigenvalue weighted by Gasteiger charge is -2.02. The van der Waals surface area contributed by atoms with Gasteiger partial charge in [0, 0.05) is 19.3 Å². The molecular formula is C30H52O2. The third-order valence-corrected chi connectivity index (χ3v) is 6.09. The molecule has 0 saturated carbocycles. The van der Waals surface area contributed by atoms with E-state index in [1.807, 2.05) is 0 Å². The van der Waals surface area contributed by atoms with Crippen molar-refractivity contribution >= 4 is 5.97 Å². The first kappa shape index (κ1) is 30.6. The lowest BCUT2D eigenvalue weighted by molar-refractivity contribution is -0.137. The van der Waals surface area contributed by atoms with Crippen LogP contribution < -0.4 is 0 Å². The molecule has 0 aromatic carbocycles. The number of hydrogen-bond acceptors (Lipinski definition) is 1. The van der Waals surface area contributed by atoms with Gasteiger partial charge in [-0.05, 0) is 31.1 Å². The average Bonchev–Trinajstić information content (AvgIpc) is 2.78. The highest BCUT2D eigenvalue weighted by Crippen LogP contribution is 2.13. The monoisotopic (exact) mass is 444 g/mol. The van der Waals surface area contributed by atoms with Crippen molar-refractivity contribution in [2.75, 3.05) is 0 Å². The van der Waals surface area contributed by atoms with Crippen LogP contribution in [0.15, 0.2) is 0 Å². The number of carboxylic acid groups (broad SMARTS) is 1. The second-order valence-electron chi connectivity index (χ2n) is 9.32. The third-order valence-electron chi connectivity index (χ3n) is 6.09. The molecule has 184 valence electrons. The van der Waals surface area contributed by atoms with Crippen LogP contribution in [-0.4, -0.2) is 11.1 Å². The Bertz CT molecular complexity index is 514. The molecule has 0 atom stereocenters. The smallest absolute Gasteiger partial charge is 0.303 e. The molecule has 0 aliphatic rings. The maximum atomic E-state index is 10.4. The number of carbonyl (C=O) groups is 1. The van der Waals surface area contributed by atoms with Crippen molar-refractivity contribution in [1.29, 1.82) is 0 Å². The van der Waals surface area contributed by atoms with Gasteiger partial charge >= 0.3 is 5.97 Å². The summed E-state index contributed by atoms with van der Waals surface area (Å²) in [5.41, 5.74) is 0. The van der Waals surface area contributed by atoms with Crippen molar-refractivity contribution in [2.45, 2.75) is 161 Å². The molecule has 0 fully saturated rings. The molecule has 0 rings (SSSR count). The minimum Gasteiger partial charge on any atom is -0.481 e. The zero-order valence-electron chi connectivity index (χ0n) is 21.3. The van der Waals surface area contributed by atoms with E-state index in [2.05, 4.69) is 30.6 Å². The van der Waals surface area contributed by atoms with Crippen molar-refractivity contribution in [3.63, 3.8) is 0 Å². The van der Waals surface area contributed by atoms with Crippen LogP contribution in [0.3, 0.4) is 0 Å². The summed E-state index contributed by atoms with van der Waals surface area (Å²) in [7, 11) is 0. The zero-order chi connectivity index (χ0) is 23.4. The molecule has 0 aliphatic heterocycles. The van der Waals surface area contributed by atoms with E-state index >= 15 is 0 Å². The number of hydrogen-bond donors (Lipinski definition) is 1. The van der Waals surface area contributed by atoms with E-state index in [0.29, 0.717) is 6.42 Å². The molecule has 2 nitrogen and oxygen atoms in total. The molecule has 0 unspecified atom stereocenters. The molecule has 0 aromatic rings. The van der Waals surface area contributed by atoms with E-state index in [1.54, 1.807) is 0 Å². The highest BCUT2D eigenvalue weighted by molar-refractivity contribution is 5.66. The molecule has 0 saturated heterocycles. The van der Waals surface area contributed by atoms with Gasteiger partial charge in [0.25, 0.3) is 0 Å². The fraction of sp³-hybridized carbons (Fsp3) is 0.833. The zero-order valence-corrected chi connectivity index (χ0v) is 21.3. The van der Waals surface area contributed by atoms with Crippen LogP contribution in [-0.2, 0) is 4.79 Å². The summed E-state index contributed by atoms with van der Waals surface area (Å²) < 4.78 is 0. The normalized spacial score (nSPS) is 10.3.